The van der Waals surface area contributed by atoms with E-state index in [0.717, 1.165) is 95.7 Å². The maximum atomic E-state index is 9.62. The maximum Gasteiger partial charge on any atom is 0.194 e. The predicted molar refractivity (Wildman–Crippen MR) is 121 cm³/mol. The lowest BCUT2D eigenvalue weighted by Gasteiger charge is -2.36. The molecule has 0 atom stereocenters. The zero-order valence-corrected chi connectivity index (χ0v) is 18.4. The molecule has 0 amide bonds. The van der Waals surface area contributed by atoms with Crippen molar-refractivity contribution in [2.24, 2.45) is 4.99 Å². The first kappa shape index (κ1) is 22.3. The third-order valence-corrected chi connectivity index (χ3v) is 6.03. The zero-order chi connectivity index (χ0) is 20.5. The van der Waals surface area contributed by atoms with Crippen LogP contribution in [0.5, 0.6) is 0 Å². The first-order valence-corrected chi connectivity index (χ1v) is 11.4. The Labute approximate surface area is 180 Å². The van der Waals surface area contributed by atoms with Gasteiger partial charge < -0.3 is 20.2 Å². The van der Waals surface area contributed by atoms with Gasteiger partial charge in [0.25, 0.3) is 0 Å². The van der Waals surface area contributed by atoms with Crippen molar-refractivity contribution >= 4 is 17.6 Å². The molecule has 0 unspecified atom stereocenters. The topological polar surface area (TPSA) is 54.3 Å². The van der Waals surface area contributed by atoms with Gasteiger partial charge in [-0.3, -0.25) is 9.89 Å². The second-order valence-corrected chi connectivity index (χ2v) is 8.49. The quantitative estimate of drug-likeness (QED) is 0.402. The van der Waals surface area contributed by atoms with Gasteiger partial charge in [-0.15, -0.1) is 0 Å². The van der Waals surface area contributed by atoms with E-state index < -0.39 is 0 Å². The molecule has 0 saturated carbocycles. The number of hydrogen-bond donors (Lipinski definition) is 2. The van der Waals surface area contributed by atoms with Crippen LogP contribution in [0.25, 0.3) is 0 Å². The number of likely N-dealkylation sites (tertiary alicyclic amines) is 1. The summed E-state index contributed by atoms with van der Waals surface area (Å²) in [6.45, 7) is 12.1. The van der Waals surface area contributed by atoms with Crippen molar-refractivity contribution in [3.05, 3.63) is 34.9 Å². The highest BCUT2D eigenvalue weighted by molar-refractivity contribution is 6.30. The Kier molecular flexibility index (Phi) is 9.05. The number of halogens is 1. The fraction of sp³-hybridized carbons (Fsp3) is 0.682. The molecule has 1 aromatic rings. The van der Waals surface area contributed by atoms with Crippen molar-refractivity contribution in [3.63, 3.8) is 0 Å². The van der Waals surface area contributed by atoms with E-state index in [1.807, 2.05) is 12.1 Å². The first-order valence-electron chi connectivity index (χ1n) is 11.0. The predicted octanol–water partition coefficient (Wildman–Crippen LogP) is 2.27. The summed E-state index contributed by atoms with van der Waals surface area (Å²) in [5.74, 6) is 1.05. The van der Waals surface area contributed by atoms with Crippen molar-refractivity contribution in [2.75, 3.05) is 58.9 Å². The normalized spacial score (nSPS) is 20.2. The minimum atomic E-state index is -0.0945. The van der Waals surface area contributed by atoms with Gasteiger partial charge >= 0.3 is 0 Å². The molecule has 0 bridgehead atoms. The number of benzene rings is 1. The fourth-order valence-corrected chi connectivity index (χ4v) is 4.14. The molecule has 0 aromatic heterocycles. The Morgan fingerprint density at radius 1 is 1.07 bits per heavy atom. The fourth-order valence-electron chi connectivity index (χ4n) is 4.01. The molecule has 2 saturated heterocycles. The van der Waals surface area contributed by atoms with Gasteiger partial charge in [-0.2, -0.15) is 0 Å². The SMILES string of the molecule is CCNC(=NCCCN1CCC(O)CC1)N1CCN(Cc2ccc(Cl)cc2)CC1. The molecule has 1 aromatic carbocycles. The van der Waals surface area contributed by atoms with E-state index in [4.69, 9.17) is 16.6 Å². The van der Waals surface area contributed by atoms with E-state index in [9.17, 15) is 5.11 Å². The molecule has 2 N–H and O–H groups in total. The van der Waals surface area contributed by atoms with Crippen LogP contribution < -0.4 is 5.32 Å². The lowest BCUT2D eigenvalue weighted by atomic mass is 10.1. The van der Waals surface area contributed by atoms with Crippen LogP contribution >= 0.6 is 11.6 Å². The summed E-state index contributed by atoms with van der Waals surface area (Å²) in [6.07, 6.45) is 2.79. The molecule has 3 rings (SSSR count). The Hall–Kier alpha value is -1.34. The highest BCUT2D eigenvalue weighted by Gasteiger charge is 2.20. The van der Waals surface area contributed by atoms with Gasteiger partial charge in [0, 0.05) is 63.9 Å². The molecule has 0 aliphatic carbocycles. The number of piperazine rings is 1. The largest absolute Gasteiger partial charge is 0.393 e. The molecule has 6 nitrogen and oxygen atoms in total. The van der Waals surface area contributed by atoms with Crippen LogP contribution in [0.2, 0.25) is 5.02 Å². The van der Waals surface area contributed by atoms with Crippen molar-refractivity contribution in [1.82, 2.24) is 20.0 Å². The van der Waals surface area contributed by atoms with Crippen LogP contribution in [0.1, 0.15) is 31.7 Å². The number of rotatable bonds is 7. The maximum absolute atomic E-state index is 9.62. The molecular formula is C22H36ClN5O. The number of hydrogen-bond acceptors (Lipinski definition) is 4. The van der Waals surface area contributed by atoms with E-state index in [1.165, 1.54) is 5.56 Å². The van der Waals surface area contributed by atoms with E-state index in [-0.39, 0.29) is 6.10 Å². The van der Waals surface area contributed by atoms with Gasteiger partial charge in [0.15, 0.2) is 5.96 Å². The van der Waals surface area contributed by atoms with Crippen molar-refractivity contribution in [2.45, 2.75) is 38.8 Å². The summed E-state index contributed by atoms with van der Waals surface area (Å²) in [6, 6.07) is 8.16. The third kappa shape index (κ3) is 7.45. The monoisotopic (exact) mass is 421 g/mol. The van der Waals surface area contributed by atoms with Crippen LogP contribution in [-0.2, 0) is 6.54 Å². The lowest BCUT2D eigenvalue weighted by molar-refractivity contribution is 0.0824. The molecule has 2 aliphatic rings. The van der Waals surface area contributed by atoms with Crippen LogP contribution in [0.4, 0.5) is 0 Å². The van der Waals surface area contributed by atoms with Crippen LogP contribution in [0, 0.1) is 0 Å². The van der Waals surface area contributed by atoms with E-state index in [1.54, 1.807) is 0 Å². The Morgan fingerprint density at radius 2 is 1.76 bits per heavy atom. The average molecular weight is 422 g/mol. The number of guanidine groups is 1. The van der Waals surface area contributed by atoms with Crippen LogP contribution in [-0.4, -0.2) is 90.8 Å². The summed E-state index contributed by atoms with van der Waals surface area (Å²) in [5, 5.41) is 13.9. The summed E-state index contributed by atoms with van der Waals surface area (Å²) in [5.41, 5.74) is 1.31. The van der Waals surface area contributed by atoms with Gasteiger partial charge in [0.1, 0.15) is 0 Å². The number of aliphatic hydroxyl groups excluding tert-OH is 1. The minimum Gasteiger partial charge on any atom is -0.393 e. The number of aliphatic imine (C=N–C) groups is 1. The number of nitrogens with zero attached hydrogens (tertiary/aromatic N) is 4. The van der Waals surface area contributed by atoms with E-state index in [0.29, 0.717) is 0 Å². The van der Waals surface area contributed by atoms with Crippen molar-refractivity contribution in [3.8, 4) is 0 Å². The molecule has 7 heteroatoms. The van der Waals surface area contributed by atoms with Crippen LogP contribution in [0.15, 0.2) is 29.3 Å². The summed E-state index contributed by atoms with van der Waals surface area (Å²) < 4.78 is 0. The Balaban J connectivity index is 1.41. The molecule has 2 aliphatic heterocycles. The zero-order valence-electron chi connectivity index (χ0n) is 17.7. The molecule has 162 valence electrons. The van der Waals surface area contributed by atoms with Crippen molar-refractivity contribution in [1.29, 1.82) is 0 Å². The molecule has 0 radical (unpaired) electrons. The standard InChI is InChI=1S/C22H36ClN5O/c1-2-24-22(25-10-3-11-26-12-8-21(29)9-13-26)28-16-14-27(15-17-28)18-19-4-6-20(23)7-5-19/h4-7,21,29H,2-3,8-18H2,1H3,(H,24,25). The van der Waals surface area contributed by atoms with E-state index in [2.05, 4.69) is 39.1 Å². The highest BCUT2D eigenvalue weighted by atomic mass is 35.5. The van der Waals surface area contributed by atoms with Gasteiger partial charge in [0.2, 0.25) is 0 Å². The highest BCUT2D eigenvalue weighted by Crippen LogP contribution is 2.13. The molecular weight excluding hydrogens is 386 g/mol. The Morgan fingerprint density at radius 3 is 2.41 bits per heavy atom. The number of piperidine rings is 1. The first-order chi connectivity index (χ1) is 14.1. The van der Waals surface area contributed by atoms with Gasteiger partial charge in [-0.25, -0.2) is 0 Å². The molecule has 2 fully saturated rings. The van der Waals surface area contributed by atoms with Crippen molar-refractivity contribution < 1.29 is 5.11 Å². The van der Waals surface area contributed by atoms with E-state index >= 15 is 0 Å². The number of aliphatic hydroxyl groups is 1. The summed E-state index contributed by atoms with van der Waals surface area (Å²) in [7, 11) is 0. The minimum absolute atomic E-state index is 0.0945. The van der Waals surface area contributed by atoms with Gasteiger partial charge in [0.05, 0.1) is 6.10 Å². The van der Waals surface area contributed by atoms with Crippen LogP contribution in [0.3, 0.4) is 0 Å². The molecule has 29 heavy (non-hydrogen) atoms. The second kappa shape index (κ2) is 11.7. The average Bonchev–Trinajstić information content (AvgIpc) is 2.74. The molecule has 2 heterocycles. The van der Waals surface area contributed by atoms with Gasteiger partial charge in [-0.05, 0) is 50.4 Å². The lowest BCUT2D eigenvalue weighted by Crippen LogP contribution is -2.52. The smallest absolute Gasteiger partial charge is 0.194 e. The summed E-state index contributed by atoms with van der Waals surface area (Å²) >= 11 is 5.99. The molecule has 0 spiro atoms. The van der Waals surface area contributed by atoms with Gasteiger partial charge in [-0.1, -0.05) is 23.7 Å². The number of nitrogens with one attached hydrogen (secondary N) is 1. The third-order valence-electron chi connectivity index (χ3n) is 5.78. The second-order valence-electron chi connectivity index (χ2n) is 8.05. The Bertz CT molecular complexity index is 623. The summed E-state index contributed by atoms with van der Waals surface area (Å²) in [4.78, 5) is 12.2.